The van der Waals surface area contributed by atoms with E-state index >= 15 is 0 Å². The van der Waals surface area contributed by atoms with Gasteiger partial charge in [0.2, 0.25) is 0 Å². The van der Waals surface area contributed by atoms with Gasteiger partial charge in [-0.2, -0.15) is 5.26 Å². The number of hydrogen-bond acceptors (Lipinski definition) is 1. The molecule has 0 aromatic heterocycles. The zero-order chi connectivity index (χ0) is 12.3. The summed E-state index contributed by atoms with van der Waals surface area (Å²) in [6.45, 7) is 12.2. The number of rotatable bonds is 1. The van der Waals surface area contributed by atoms with Crippen molar-refractivity contribution in [2.45, 2.75) is 47.5 Å². The standard InChI is InChI=1S/C10H11N.2C2H6/c1-8(2)10-5-3-4-9(6-10)7-11;2*1-2/h3-6,8H,1-2H3;2*1-2H3. The van der Waals surface area contributed by atoms with Crippen molar-refractivity contribution in [3.63, 3.8) is 0 Å². The van der Waals surface area contributed by atoms with Gasteiger partial charge in [0.15, 0.2) is 0 Å². The lowest BCUT2D eigenvalue weighted by Crippen LogP contribution is -1.86. The van der Waals surface area contributed by atoms with E-state index in [0.717, 1.165) is 5.56 Å². The molecule has 0 saturated carbocycles. The van der Waals surface area contributed by atoms with Gasteiger partial charge in [-0.3, -0.25) is 0 Å². The van der Waals surface area contributed by atoms with Crippen LogP contribution in [0.3, 0.4) is 0 Å². The van der Waals surface area contributed by atoms with Crippen LogP contribution in [0.5, 0.6) is 0 Å². The highest BCUT2D eigenvalue weighted by Gasteiger charge is 1.98. The van der Waals surface area contributed by atoms with Gasteiger partial charge in [0.1, 0.15) is 0 Å². The van der Waals surface area contributed by atoms with Crippen molar-refractivity contribution in [1.29, 1.82) is 5.26 Å². The summed E-state index contributed by atoms with van der Waals surface area (Å²) in [5, 5.41) is 8.59. The number of hydrogen-bond donors (Lipinski definition) is 0. The Labute approximate surface area is 94.8 Å². The first-order chi connectivity index (χ1) is 7.24. The van der Waals surface area contributed by atoms with Crippen LogP contribution in [0.15, 0.2) is 24.3 Å². The Balaban J connectivity index is 0. The van der Waals surface area contributed by atoms with E-state index in [1.165, 1.54) is 5.56 Å². The fourth-order valence-corrected chi connectivity index (χ4v) is 0.967. The van der Waals surface area contributed by atoms with Crippen LogP contribution in [0, 0.1) is 11.3 Å². The SMILES string of the molecule is CC.CC.CC(C)c1cccc(C#N)c1. The zero-order valence-electron chi connectivity index (χ0n) is 10.8. The topological polar surface area (TPSA) is 23.8 Å². The summed E-state index contributed by atoms with van der Waals surface area (Å²) in [6, 6.07) is 9.85. The fraction of sp³-hybridized carbons (Fsp3) is 0.500. The molecule has 0 radical (unpaired) electrons. The maximum atomic E-state index is 8.59. The second kappa shape index (κ2) is 10.8. The highest BCUT2D eigenvalue weighted by molar-refractivity contribution is 5.33. The van der Waals surface area contributed by atoms with Crippen molar-refractivity contribution < 1.29 is 0 Å². The number of nitrogens with zero attached hydrogens (tertiary/aromatic N) is 1. The first kappa shape index (κ1) is 16.2. The van der Waals surface area contributed by atoms with Crippen molar-refractivity contribution >= 4 is 0 Å². The van der Waals surface area contributed by atoms with E-state index < -0.39 is 0 Å². The zero-order valence-corrected chi connectivity index (χ0v) is 10.8. The molecule has 0 bridgehead atoms. The summed E-state index contributed by atoms with van der Waals surface area (Å²) < 4.78 is 0. The minimum absolute atomic E-state index is 0.503. The first-order valence-corrected chi connectivity index (χ1v) is 5.74. The molecule has 0 heterocycles. The van der Waals surface area contributed by atoms with Gasteiger partial charge in [-0.25, -0.2) is 0 Å². The predicted octanol–water partition coefficient (Wildman–Crippen LogP) is 4.73. The largest absolute Gasteiger partial charge is 0.192 e. The molecule has 0 aliphatic carbocycles. The van der Waals surface area contributed by atoms with Gasteiger partial charge in [0.25, 0.3) is 0 Å². The second-order valence-corrected chi connectivity index (χ2v) is 2.89. The molecule has 1 heteroatoms. The van der Waals surface area contributed by atoms with Gasteiger partial charge in [-0.1, -0.05) is 53.7 Å². The van der Waals surface area contributed by atoms with Crippen LogP contribution in [-0.4, -0.2) is 0 Å². The molecular formula is C14H23N. The molecule has 0 spiro atoms. The molecule has 0 fully saturated rings. The Bertz CT molecular complexity index is 282. The molecule has 0 amide bonds. The lowest BCUT2D eigenvalue weighted by molar-refractivity contribution is 0.866. The quantitative estimate of drug-likeness (QED) is 0.650. The minimum Gasteiger partial charge on any atom is -0.192 e. The minimum atomic E-state index is 0.503. The Morgan fingerprint density at radius 3 is 2.00 bits per heavy atom. The van der Waals surface area contributed by atoms with Crippen molar-refractivity contribution in [2.24, 2.45) is 0 Å². The molecule has 0 N–H and O–H groups in total. The lowest BCUT2D eigenvalue weighted by Gasteiger charge is -2.03. The van der Waals surface area contributed by atoms with E-state index in [1.807, 2.05) is 52.0 Å². The molecule has 15 heavy (non-hydrogen) atoms. The van der Waals surface area contributed by atoms with Gasteiger partial charge < -0.3 is 0 Å². The molecule has 0 atom stereocenters. The molecule has 0 aliphatic rings. The maximum Gasteiger partial charge on any atom is 0.0991 e. The van der Waals surface area contributed by atoms with Crippen molar-refractivity contribution in [3.8, 4) is 6.07 Å². The third kappa shape index (κ3) is 6.74. The van der Waals surface area contributed by atoms with Gasteiger partial charge in [0.05, 0.1) is 11.6 Å². The van der Waals surface area contributed by atoms with Crippen LogP contribution in [0.1, 0.15) is 58.6 Å². The van der Waals surface area contributed by atoms with Crippen LogP contribution in [0.4, 0.5) is 0 Å². The van der Waals surface area contributed by atoms with E-state index in [9.17, 15) is 0 Å². The van der Waals surface area contributed by atoms with E-state index in [0.29, 0.717) is 5.92 Å². The smallest absolute Gasteiger partial charge is 0.0991 e. The summed E-state index contributed by atoms with van der Waals surface area (Å²) in [7, 11) is 0. The van der Waals surface area contributed by atoms with Gasteiger partial charge in [-0.15, -0.1) is 0 Å². The summed E-state index contributed by atoms with van der Waals surface area (Å²) >= 11 is 0. The summed E-state index contributed by atoms with van der Waals surface area (Å²) in [6.07, 6.45) is 0. The average molecular weight is 205 g/mol. The first-order valence-electron chi connectivity index (χ1n) is 5.74. The molecule has 0 unspecified atom stereocenters. The molecule has 0 aliphatic heterocycles. The van der Waals surface area contributed by atoms with Gasteiger partial charge >= 0.3 is 0 Å². The Morgan fingerprint density at radius 1 is 1.07 bits per heavy atom. The monoisotopic (exact) mass is 205 g/mol. The lowest BCUT2D eigenvalue weighted by atomic mass is 10.0. The van der Waals surface area contributed by atoms with Gasteiger partial charge in [0, 0.05) is 0 Å². The maximum absolute atomic E-state index is 8.59. The molecule has 1 rings (SSSR count). The third-order valence-corrected chi connectivity index (χ3v) is 1.68. The molecule has 1 aromatic carbocycles. The van der Waals surface area contributed by atoms with Crippen LogP contribution in [0.25, 0.3) is 0 Å². The summed E-state index contributed by atoms with van der Waals surface area (Å²) in [5.41, 5.74) is 1.97. The van der Waals surface area contributed by atoms with Crippen molar-refractivity contribution in [3.05, 3.63) is 35.4 Å². The van der Waals surface area contributed by atoms with E-state index in [1.54, 1.807) is 0 Å². The van der Waals surface area contributed by atoms with E-state index in [4.69, 9.17) is 5.26 Å². The molecule has 84 valence electrons. The predicted molar refractivity (Wildman–Crippen MR) is 67.9 cm³/mol. The highest BCUT2D eigenvalue weighted by atomic mass is 14.2. The van der Waals surface area contributed by atoms with Crippen LogP contribution in [0.2, 0.25) is 0 Å². The van der Waals surface area contributed by atoms with Crippen molar-refractivity contribution in [1.82, 2.24) is 0 Å². The van der Waals surface area contributed by atoms with Crippen LogP contribution < -0.4 is 0 Å². The second-order valence-electron chi connectivity index (χ2n) is 2.89. The Hall–Kier alpha value is -1.29. The summed E-state index contributed by atoms with van der Waals surface area (Å²) in [5.74, 6) is 0.503. The fourth-order valence-electron chi connectivity index (χ4n) is 0.967. The molecule has 0 saturated heterocycles. The molecule has 1 nitrogen and oxygen atoms in total. The van der Waals surface area contributed by atoms with Crippen LogP contribution in [-0.2, 0) is 0 Å². The highest BCUT2D eigenvalue weighted by Crippen LogP contribution is 2.14. The van der Waals surface area contributed by atoms with Crippen LogP contribution >= 0.6 is 0 Å². The molecular weight excluding hydrogens is 182 g/mol. The third-order valence-electron chi connectivity index (χ3n) is 1.68. The van der Waals surface area contributed by atoms with Gasteiger partial charge in [-0.05, 0) is 23.6 Å². The Morgan fingerprint density at radius 2 is 1.60 bits per heavy atom. The average Bonchev–Trinajstić information content (AvgIpc) is 2.34. The summed E-state index contributed by atoms with van der Waals surface area (Å²) in [4.78, 5) is 0. The molecule has 1 aromatic rings. The number of benzene rings is 1. The van der Waals surface area contributed by atoms with E-state index in [-0.39, 0.29) is 0 Å². The Kier molecular flexibility index (Phi) is 11.6. The normalized spacial score (nSPS) is 7.87. The van der Waals surface area contributed by atoms with Crippen molar-refractivity contribution in [2.75, 3.05) is 0 Å². The number of nitriles is 1. The van der Waals surface area contributed by atoms with E-state index in [2.05, 4.69) is 19.9 Å².